The monoisotopic (exact) mass is 654 g/mol. The highest BCUT2D eigenvalue weighted by molar-refractivity contribution is 7.64. The van der Waals surface area contributed by atoms with Crippen LogP contribution >= 0.6 is 19.5 Å². The molecular weight excluding hydrogens is 611 g/mol. The number of aromatic nitrogens is 2. The van der Waals surface area contributed by atoms with E-state index in [1.54, 1.807) is 13.3 Å². The molecule has 2 fully saturated rings. The van der Waals surface area contributed by atoms with Crippen molar-refractivity contribution in [2.75, 3.05) is 82.0 Å². The maximum atomic E-state index is 6.58. The van der Waals surface area contributed by atoms with Crippen LogP contribution < -0.4 is 35.0 Å². The van der Waals surface area contributed by atoms with Gasteiger partial charge in [-0.15, -0.1) is 0 Å². The quantitative estimate of drug-likeness (QED) is 0.248. The van der Waals surface area contributed by atoms with Crippen molar-refractivity contribution < 1.29 is 18.9 Å². The summed E-state index contributed by atoms with van der Waals surface area (Å²) >= 11 is 6.58. The fraction of sp³-hybridized carbons (Fsp3) is 0.515. The third-order valence-corrected chi connectivity index (χ3v) is 10.4. The summed E-state index contributed by atoms with van der Waals surface area (Å²) in [6.07, 6.45) is 5.44. The molecule has 0 aliphatic carbocycles. The Morgan fingerprint density at radius 2 is 1.84 bits per heavy atom. The Labute approximate surface area is 272 Å². The lowest BCUT2D eigenvalue weighted by atomic mass is 10.0. The van der Waals surface area contributed by atoms with Gasteiger partial charge < -0.3 is 34.5 Å². The molecule has 4 heterocycles. The van der Waals surface area contributed by atoms with Gasteiger partial charge >= 0.3 is 0 Å². The summed E-state index contributed by atoms with van der Waals surface area (Å²) in [6.45, 7) is 14.7. The van der Waals surface area contributed by atoms with Crippen molar-refractivity contribution in [3.8, 4) is 17.2 Å². The highest BCUT2D eigenvalue weighted by atomic mass is 35.5. The van der Waals surface area contributed by atoms with Crippen LogP contribution in [-0.2, 0) is 4.74 Å². The average molecular weight is 655 g/mol. The smallest absolute Gasteiger partial charge is 0.229 e. The summed E-state index contributed by atoms with van der Waals surface area (Å²) in [4.78, 5) is 14.3. The van der Waals surface area contributed by atoms with E-state index in [-0.39, 0.29) is 0 Å². The molecule has 3 aliphatic rings. The highest BCUT2D eigenvalue weighted by Gasteiger charge is 2.31. The number of hydrogen-bond acceptors (Lipinski definition) is 10. The van der Waals surface area contributed by atoms with Crippen molar-refractivity contribution in [1.82, 2.24) is 14.9 Å². The van der Waals surface area contributed by atoms with Crippen LogP contribution in [0.25, 0.3) is 0 Å². The molecule has 3 aliphatic heterocycles. The van der Waals surface area contributed by atoms with Crippen molar-refractivity contribution >= 4 is 53.7 Å². The van der Waals surface area contributed by atoms with Gasteiger partial charge in [0.2, 0.25) is 5.95 Å². The van der Waals surface area contributed by atoms with Crippen LogP contribution in [0.3, 0.4) is 0 Å². The molecule has 242 valence electrons. The molecule has 2 N–H and O–H groups in total. The summed E-state index contributed by atoms with van der Waals surface area (Å²) in [5, 5.41) is 8.30. The Hall–Kier alpha value is -3.04. The molecule has 0 saturated carbocycles. The van der Waals surface area contributed by atoms with Crippen LogP contribution in [0.1, 0.15) is 31.7 Å². The van der Waals surface area contributed by atoms with E-state index < -0.39 is 7.92 Å². The Balaban J connectivity index is 1.16. The zero-order valence-corrected chi connectivity index (χ0v) is 28.5. The lowest BCUT2D eigenvalue weighted by molar-refractivity contribution is 0.0626. The standard InChI is InChI=1S/C33H44ClN6O4P/c1-6-42-23-11-14-40(20-23)22-9-12-39(13-10-22)27-18-29(41-3)26(17-21(27)2)37-33-35-19-24(34)32(38-33)36-25-7-8-28-30(31(25)45(4)5)44-16-15-43-28/h7-8,17-19,22-23H,6,9-16,20H2,1-5H3,(H2,35,36,37,38)/t23-/m0/s1. The number of benzene rings is 2. The lowest BCUT2D eigenvalue weighted by Gasteiger charge is -2.38. The number of piperidine rings is 1. The van der Waals surface area contributed by atoms with Crippen LogP contribution in [0.2, 0.25) is 5.02 Å². The molecule has 0 bridgehead atoms. The van der Waals surface area contributed by atoms with E-state index in [4.69, 9.17) is 35.5 Å². The van der Waals surface area contributed by atoms with E-state index in [2.05, 4.69) is 64.7 Å². The molecule has 12 heteroatoms. The molecule has 0 unspecified atom stereocenters. The first-order chi connectivity index (χ1) is 21.8. The third kappa shape index (κ3) is 7.04. The first-order valence-corrected chi connectivity index (χ1v) is 18.4. The Morgan fingerprint density at radius 1 is 1.04 bits per heavy atom. The molecule has 2 aromatic carbocycles. The predicted octanol–water partition coefficient (Wildman–Crippen LogP) is 6.15. The van der Waals surface area contributed by atoms with Crippen LogP contribution in [0, 0.1) is 6.92 Å². The number of halogens is 1. The fourth-order valence-electron chi connectivity index (χ4n) is 6.62. The maximum absolute atomic E-state index is 6.58. The molecular formula is C33H44ClN6O4P. The van der Waals surface area contributed by atoms with Crippen LogP contribution in [0.5, 0.6) is 17.2 Å². The van der Waals surface area contributed by atoms with E-state index in [0.717, 1.165) is 86.0 Å². The van der Waals surface area contributed by atoms with Crippen molar-refractivity contribution in [3.63, 3.8) is 0 Å². The van der Waals surface area contributed by atoms with E-state index in [0.29, 0.717) is 42.1 Å². The number of methoxy groups -OCH3 is 1. The number of nitrogens with one attached hydrogen (secondary N) is 2. The van der Waals surface area contributed by atoms with E-state index in [9.17, 15) is 0 Å². The molecule has 2 saturated heterocycles. The second-order valence-corrected chi connectivity index (χ2v) is 14.6. The summed E-state index contributed by atoms with van der Waals surface area (Å²) < 4.78 is 23.6. The van der Waals surface area contributed by atoms with Crippen molar-refractivity contribution in [3.05, 3.63) is 41.0 Å². The molecule has 45 heavy (non-hydrogen) atoms. The molecule has 1 aromatic heterocycles. The number of aryl methyl sites for hydroxylation is 1. The number of ether oxygens (including phenoxy) is 4. The van der Waals surface area contributed by atoms with E-state index >= 15 is 0 Å². The summed E-state index contributed by atoms with van der Waals surface area (Å²) in [6, 6.07) is 8.78. The maximum Gasteiger partial charge on any atom is 0.229 e. The van der Waals surface area contributed by atoms with E-state index in [1.165, 1.54) is 11.3 Å². The largest absolute Gasteiger partial charge is 0.494 e. The minimum atomic E-state index is -0.510. The third-order valence-electron chi connectivity index (χ3n) is 8.79. The Bertz CT molecular complexity index is 1500. The zero-order valence-electron chi connectivity index (χ0n) is 26.9. The SMILES string of the molecule is CCO[C@H]1CCN(C2CCN(c3cc(OC)c(Nc4ncc(Cl)c(Nc5ccc6c(c5P(C)C)OCCO6)n4)cc3C)CC2)C1. The van der Waals surface area contributed by atoms with Gasteiger partial charge in [0, 0.05) is 55.9 Å². The number of rotatable bonds is 10. The van der Waals surface area contributed by atoms with Crippen LogP contribution in [0.4, 0.5) is 28.8 Å². The lowest BCUT2D eigenvalue weighted by Crippen LogP contribution is -2.44. The average Bonchev–Trinajstić information content (AvgIpc) is 3.51. The minimum absolute atomic E-state index is 0.391. The fourth-order valence-corrected chi connectivity index (χ4v) is 7.95. The molecule has 1 atom stereocenters. The van der Waals surface area contributed by atoms with Gasteiger partial charge in [0.25, 0.3) is 0 Å². The normalized spacial score (nSPS) is 18.8. The van der Waals surface area contributed by atoms with Crippen molar-refractivity contribution in [2.24, 2.45) is 0 Å². The van der Waals surface area contributed by atoms with Gasteiger partial charge in [-0.1, -0.05) is 19.5 Å². The predicted molar refractivity (Wildman–Crippen MR) is 184 cm³/mol. The molecule has 0 radical (unpaired) electrons. The van der Waals surface area contributed by atoms with Gasteiger partial charge in [-0.25, -0.2) is 4.98 Å². The topological polar surface area (TPSA) is 93.2 Å². The van der Waals surface area contributed by atoms with E-state index in [1.807, 2.05) is 12.1 Å². The first-order valence-electron chi connectivity index (χ1n) is 15.8. The summed E-state index contributed by atoms with van der Waals surface area (Å²) in [5.41, 5.74) is 4.06. The van der Waals surface area contributed by atoms with Gasteiger partial charge in [0.05, 0.1) is 30.8 Å². The van der Waals surface area contributed by atoms with Gasteiger partial charge in [-0.2, -0.15) is 4.98 Å². The molecule has 3 aromatic rings. The molecule has 0 amide bonds. The van der Waals surface area contributed by atoms with Crippen LogP contribution in [-0.4, -0.2) is 93.5 Å². The minimum Gasteiger partial charge on any atom is -0.494 e. The first kappa shape index (κ1) is 31.9. The molecule has 0 spiro atoms. The Kier molecular flexibility index (Phi) is 10.0. The number of likely N-dealkylation sites (tertiary alicyclic amines) is 1. The van der Waals surface area contributed by atoms with Crippen molar-refractivity contribution in [1.29, 1.82) is 0 Å². The number of nitrogens with zero attached hydrogens (tertiary/aromatic N) is 4. The van der Waals surface area contributed by atoms with Gasteiger partial charge in [-0.3, -0.25) is 4.90 Å². The highest BCUT2D eigenvalue weighted by Crippen LogP contribution is 2.42. The Morgan fingerprint density at radius 3 is 2.60 bits per heavy atom. The van der Waals surface area contributed by atoms with Gasteiger partial charge in [0.15, 0.2) is 17.3 Å². The number of anilines is 5. The molecule has 6 rings (SSSR count). The van der Waals surface area contributed by atoms with Crippen molar-refractivity contribution in [2.45, 2.75) is 45.3 Å². The van der Waals surface area contributed by atoms with Crippen LogP contribution in [0.15, 0.2) is 30.5 Å². The van der Waals surface area contributed by atoms with Gasteiger partial charge in [-0.05, 0) is 70.2 Å². The second kappa shape index (κ2) is 14.2. The second-order valence-electron chi connectivity index (χ2n) is 11.9. The summed E-state index contributed by atoms with van der Waals surface area (Å²) in [7, 11) is 1.19. The number of hydrogen-bond donors (Lipinski definition) is 2. The molecule has 10 nitrogen and oxygen atoms in total. The zero-order chi connectivity index (χ0) is 31.5. The summed E-state index contributed by atoms with van der Waals surface area (Å²) in [5.74, 6) is 3.22. The number of fused-ring (bicyclic) bond motifs is 1. The van der Waals surface area contributed by atoms with Gasteiger partial charge in [0.1, 0.15) is 24.0 Å².